The molecular weight excluding hydrogens is 278 g/mol. The number of amides is 2. The topological polar surface area (TPSA) is 61.4 Å². The second-order valence-electron chi connectivity index (χ2n) is 6.72. The van der Waals surface area contributed by atoms with E-state index in [0.717, 1.165) is 25.8 Å². The molecule has 0 spiro atoms. The van der Waals surface area contributed by atoms with E-state index in [9.17, 15) is 9.59 Å². The van der Waals surface area contributed by atoms with E-state index in [0.29, 0.717) is 25.7 Å². The largest absolute Gasteiger partial charge is 0.356 e. The first-order valence-corrected chi connectivity index (χ1v) is 8.98. The van der Waals surface area contributed by atoms with Crippen molar-refractivity contribution in [3.8, 4) is 0 Å². The number of rotatable bonds is 5. The van der Waals surface area contributed by atoms with Gasteiger partial charge in [-0.15, -0.1) is 0 Å². The predicted molar refractivity (Wildman–Crippen MR) is 87.5 cm³/mol. The van der Waals surface area contributed by atoms with Crippen LogP contribution in [0.15, 0.2) is 0 Å². The second-order valence-corrected chi connectivity index (χ2v) is 6.72. The summed E-state index contributed by atoms with van der Waals surface area (Å²) in [6.45, 7) is 4.61. The van der Waals surface area contributed by atoms with Crippen molar-refractivity contribution in [2.45, 2.75) is 64.3 Å². The van der Waals surface area contributed by atoms with Gasteiger partial charge in [0.05, 0.1) is 12.5 Å². The lowest BCUT2D eigenvalue weighted by molar-refractivity contribution is -0.125. The third-order valence-corrected chi connectivity index (χ3v) is 4.83. The molecule has 2 fully saturated rings. The summed E-state index contributed by atoms with van der Waals surface area (Å²) < 4.78 is 0. The van der Waals surface area contributed by atoms with E-state index < -0.39 is 0 Å². The maximum atomic E-state index is 12.2. The average Bonchev–Trinajstić information content (AvgIpc) is 2.90. The van der Waals surface area contributed by atoms with Crippen LogP contribution >= 0.6 is 0 Å². The van der Waals surface area contributed by atoms with Crippen molar-refractivity contribution in [1.29, 1.82) is 0 Å². The van der Waals surface area contributed by atoms with Crippen molar-refractivity contribution >= 4 is 11.8 Å². The van der Waals surface area contributed by atoms with Crippen molar-refractivity contribution in [2.75, 3.05) is 26.2 Å². The highest BCUT2D eigenvalue weighted by atomic mass is 16.2. The van der Waals surface area contributed by atoms with E-state index in [2.05, 4.69) is 15.5 Å². The third-order valence-electron chi connectivity index (χ3n) is 4.83. The van der Waals surface area contributed by atoms with Crippen molar-refractivity contribution in [3.63, 3.8) is 0 Å². The lowest BCUT2D eigenvalue weighted by Gasteiger charge is -2.23. The maximum Gasteiger partial charge on any atom is 0.234 e. The first-order chi connectivity index (χ1) is 10.7. The fourth-order valence-corrected chi connectivity index (χ4v) is 3.59. The Morgan fingerprint density at radius 3 is 2.41 bits per heavy atom. The van der Waals surface area contributed by atoms with Crippen LogP contribution in [0, 0.1) is 5.92 Å². The summed E-state index contributed by atoms with van der Waals surface area (Å²) >= 11 is 0. The van der Waals surface area contributed by atoms with E-state index in [-0.39, 0.29) is 17.7 Å². The molecule has 1 atom stereocenters. The zero-order chi connectivity index (χ0) is 15.8. The van der Waals surface area contributed by atoms with E-state index in [1.54, 1.807) is 0 Å². The van der Waals surface area contributed by atoms with Crippen LogP contribution in [0.5, 0.6) is 0 Å². The quantitative estimate of drug-likeness (QED) is 0.812. The van der Waals surface area contributed by atoms with Gasteiger partial charge in [-0.05, 0) is 32.7 Å². The highest BCUT2D eigenvalue weighted by Crippen LogP contribution is 2.18. The van der Waals surface area contributed by atoms with Gasteiger partial charge in [-0.25, -0.2) is 0 Å². The van der Waals surface area contributed by atoms with Gasteiger partial charge in [0.15, 0.2) is 0 Å². The highest BCUT2D eigenvalue weighted by Gasteiger charge is 2.29. The number of likely N-dealkylation sites (tertiary alicyclic amines) is 1. The molecule has 0 aromatic heterocycles. The predicted octanol–water partition coefficient (Wildman–Crippen LogP) is 1.67. The standard InChI is InChI=1S/C17H31N3O2/c1-2-18-17(22)14-10-11-20(12-14)13-16(21)19-15-8-6-4-3-5-7-9-15/h14-15H,2-13H2,1H3,(H,18,22)(H,19,21). The van der Waals surface area contributed by atoms with Crippen molar-refractivity contribution in [2.24, 2.45) is 5.92 Å². The fraction of sp³-hybridized carbons (Fsp3) is 0.882. The molecule has 1 saturated heterocycles. The van der Waals surface area contributed by atoms with Gasteiger partial charge in [0.2, 0.25) is 11.8 Å². The summed E-state index contributed by atoms with van der Waals surface area (Å²) in [5, 5.41) is 6.08. The van der Waals surface area contributed by atoms with Crippen molar-refractivity contribution < 1.29 is 9.59 Å². The molecule has 0 bridgehead atoms. The van der Waals surface area contributed by atoms with Crippen LogP contribution in [0.4, 0.5) is 0 Å². The lowest BCUT2D eigenvalue weighted by Crippen LogP contribution is -2.42. The Hall–Kier alpha value is -1.10. The number of nitrogens with one attached hydrogen (secondary N) is 2. The molecule has 2 N–H and O–H groups in total. The molecule has 5 heteroatoms. The summed E-state index contributed by atoms with van der Waals surface area (Å²) in [4.78, 5) is 26.1. The second kappa shape index (κ2) is 9.13. The van der Waals surface area contributed by atoms with Crippen LogP contribution in [-0.2, 0) is 9.59 Å². The summed E-state index contributed by atoms with van der Waals surface area (Å²) in [5.74, 6) is 0.307. The van der Waals surface area contributed by atoms with Gasteiger partial charge in [0, 0.05) is 19.1 Å². The van der Waals surface area contributed by atoms with E-state index >= 15 is 0 Å². The molecule has 0 aromatic carbocycles. The molecule has 1 saturated carbocycles. The molecule has 0 aromatic rings. The Labute approximate surface area is 134 Å². The number of hydrogen-bond donors (Lipinski definition) is 2. The third kappa shape index (κ3) is 5.59. The van der Waals surface area contributed by atoms with Crippen LogP contribution < -0.4 is 10.6 Å². The minimum atomic E-state index is 0.0501. The summed E-state index contributed by atoms with van der Waals surface area (Å²) in [6, 6.07) is 0.356. The zero-order valence-electron chi connectivity index (χ0n) is 13.9. The van der Waals surface area contributed by atoms with Crippen LogP contribution in [0.2, 0.25) is 0 Å². The Balaban J connectivity index is 1.69. The number of carbonyl (C=O) groups excluding carboxylic acids is 2. The summed E-state index contributed by atoms with van der Waals surface area (Å²) in [7, 11) is 0. The zero-order valence-corrected chi connectivity index (χ0v) is 13.9. The lowest BCUT2D eigenvalue weighted by atomic mass is 9.97. The minimum absolute atomic E-state index is 0.0501. The van der Waals surface area contributed by atoms with Crippen LogP contribution in [-0.4, -0.2) is 48.9 Å². The van der Waals surface area contributed by atoms with Gasteiger partial charge < -0.3 is 10.6 Å². The molecule has 2 aliphatic rings. The SMILES string of the molecule is CCNC(=O)C1CCN(CC(=O)NC2CCCCCCC2)C1. The first kappa shape index (κ1) is 17.3. The Kier molecular flexibility index (Phi) is 7.16. The fourth-order valence-electron chi connectivity index (χ4n) is 3.59. The van der Waals surface area contributed by atoms with Gasteiger partial charge in [-0.2, -0.15) is 0 Å². The molecule has 2 rings (SSSR count). The molecular formula is C17H31N3O2. The van der Waals surface area contributed by atoms with Gasteiger partial charge in [0.25, 0.3) is 0 Å². The Morgan fingerprint density at radius 2 is 1.73 bits per heavy atom. The molecule has 0 radical (unpaired) electrons. The van der Waals surface area contributed by atoms with Crippen LogP contribution in [0.25, 0.3) is 0 Å². The van der Waals surface area contributed by atoms with Crippen molar-refractivity contribution in [1.82, 2.24) is 15.5 Å². The molecule has 1 heterocycles. The van der Waals surface area contributed by atoms with Gasteiger partial charge in [-0.3, -0.25) is 14.5 Å². The molecule has 22 heavy (non-hydrogen) atoms. The molecule has 1 aliphatic carbocycles. The molecule has 2 amide bonds. The molecule has 1 unspecified atom stereocenters. The molecule has 5 nitrogen and oxygen atoms in total. The van der Waals surface area contributed by atoms with Gasteiger partial charge in [0.1, 0.15) is 0 Å². The molecule has 1 aliphatic heterocycles. The number of carbonyl (C=O) groups is 2. The normalized spacial score (nSPS) is 24.5. The Bertz CT molecular complexity index is 365. The first-order valence-electron chi connectivity index (χ1n) is 8.98. The monoisotopic (exact) mass is 309 g/mol. The van der Waals surface area contributed by atoms with E-state index in [1.807, 2.05) is 6.92 Å². The van der Waals surface area contributed by atoms with Gasteiger partial charge in [-0.1, -0.05) is 32.1 Å². The van der Waals surface area contributed by atoms with E-state index in [1.165, 1.54) is 32.1 Å². The molecule has 126 valence electrons. The smallest absolute Gasteiger partial charge is 0.234 e. The van der Waals surface area contributed by atoms with Gasteiger partial charge >= 0.3 is 0 Å². The minimum Gasteiger partial charge on any atom is -0.356 e. The Morgan fingerprint density at radius 1 is 1.05 bits per heavy atom. The highest BCUT2D eigenvalue weighted by molar-refractivity contribution is 5.80. The van der Waals surface area contributed by atoms with Crippen molar-refractivity contribution in [3.05, 3.63) is 0 Å². The number of hydrogen-bond acceptors (Lipinski definition) is 3. The van der Waals surface area contributed by atoms with Crippen LogP contribution in [0.1, 0.15) is 58.3 Å². The van der Waals surface area contributed by atoms with Crippen LogP contribution in [0.3, 0.4) is 0 Å². The van der Waals surface area contributed by atoms with E-state index in [4.69, 9.17) is 0 Å². The summed E-state index contributed by atoms with van der Waals surface area (Å²) in [5.41, 5.74) is 0. The average molecular weight is 309 g/mol. The maximum absolute atomic E-state index is 12.2. The number of nitrogens with zero attached hydrogens (tertiary/aromatic N) is 1. The summed E-state index contributed by atoms with van der Waals surface area (Å²) in [6.07, 6.45) is 9.50.